The highest BCUT2D eigenvalue weighted by Gasteiger charge is 2.59. The summed E-state index contributed by atoms with van der Waals surface area (Å²) in [5, 5.41) is 0.481. The van der Waals surface area contributed by atoms with Gasteiger partial charge in [0.05, 0.1) is 30.5 Å². The number of cyclic esters (lactones) is 1. The highest BCUT2D eigenvalue weighted by Crippen LogP contribution is 2.54. The van der Waals surface area contributed by atoms with Crippen molar-refractivity contribution in [3.8, 4) is 16.9 Å². The summed E-state index contributed by atoms with van der Waals surface area (Å²) in [6.45, 7) is 5.41. The summed E-state index contributed by atoms with van der Waals surface area (Å²) in [7, 11) is 1.45. The maximum absolute atomic E-state index is 14.8. The number of nitrogens with zero attached hydrogens (tertiary/aromatic N) is 3. The molecule has 1 aliphatic carbocycles. The van der Waals surface area contributed by atoms with Crippen molar-refractivity contribution in [1.29, 1.82) is 0 Å². The molecule has 2 heterocycles. The van der Waals surface area contributed by atoms with Gasteiger partial charge in [0, 0.05) is 23.4 Å². The Bertz CT molecular complexity index is 1490. The summed E-state index contributed by atoms with van der Waals surface area (Å²) in [6, 6.07) is 6.86. The fourth-order valence-corrected chi connectivity index (χ4v) is 6.14. The lowest BCUT2D eigenvalue weighted by atomic mass is 9.70. The molecule has 1 atom stereocenters. The highest BCUT2D eigenvalue weighted by molar-refractivity contribution is 7.98. The van der Waals surface area contributed by atoms with E-state index in [0.29, 0.717) is 57.3 Å². The molecule has 1 saturated carbocycles. The van der Waals surface area contributed by atoms with Crippen LogP contribution in [0.2, 0.25) is 0 Å². The Morgan fingerprint density at radius 1 is 1.17 bits per heavy atom. The van der Waals surface area contributed by atoms with Gasteiger partial charge in [-0.1, -0.05) is 37.2 Å². The quantitative estimate of drug-likeness (QED) is 0.158. The molecule has 2 fully saturated rings. The van der Waals surface area contributed by atoms with Crippen LogP contribution in [-0.2, 0) is 17.5 Å². The van der Waals surface area contributed by atoms with Crippen LogP contribution < -0.4 is 4.74 Å². The summed E-state index contributed by atoms with van der Waals surface area (Å²) in [4.78, 5) is 24.2. The van der Waals surface area contributed by atoms with Crippen molar-refractivity contribution in [1.82, 2.24) is 14.9 Å². The van der Waals surface area contributed by atoms with E-state index in [1.165, 1.54) is 24.9 Å². The van der Waals surface area contributed by atoms with Crippen molar-refractivity contribution in [3.63, 3.8) is 0 Å². The lowest BCUT2D eigenvalue weighted by Gasteiger charge is -2.46. The van der Waals surface area contributed by atoms with Gasteiger partial charge >= 0.3 is 12.3 Å². The van der Waals surface area contributed by atoms with Gasteiger partial charge in [-0.15, -0.1) is 0 Å². The number of ether oxygens (including phenoxy) is 2. The molecule has 11 heteroatoms. The van der Waals surface area contributed by atoms with Crippen LogP contribution in [0.4, 0.5) is 22.4 Å². The monoisotopic (exact) mass is 589 g/mol. The first-order chi connectivity index (χ1) is 19.4. The van der Waals surface area contributed by atoms with Crippen molar-refractivity contribution in [2.75, 3.05) is 13.4 Å². The van der Waals surface area contributed by atoms with Crippen LogP contribution in [0.5, 0.6) is 5.75 Å². The third kappa shape index (κ3) is 5.24. The number of halogens is 4. The fraction of sp³-hybridized carbons (Fsp3) is 0.433. The number of alkyl halides is 3. The molecule has 218 valence electrons. The number of aryl methyl sites for hydroxylation is 1. The maximum Gasteiger partial charge on any atom is 0.416 e. The minimum atomic E-state index is -4.52. The Kier molecular flexibility index (Phi) is 7.69. The van der Waals surface area contributed by atoms with Gasteiger partial charge in [0.25, 0.3) is 0 Å². The second kappa shape index (κ2) is 10.8. The lowest BCUT2D eigenvalue weighted by Crippen LogP contribution is -2.53. The Morgan fingerprint density at radius 3 is 2.49 bits per heavy atom. The standard InChI is InChI=1S/C30H31F4N3O3S/c1-16(2)20-12-21(25(39-4)13-23(20)31)22-14-35-27(41-5)36-24(22)15-37-28(38)40-26(29(37)7-6-8-29)18-9-17(3)10-19(11-18)30(32,33)34/h9-14,16,26H,6-8,15H2,1-5H3. The number of benzene rings is 2. The van der Waals surface area contributed by atoms with E-state index in [0.717, 1.165) is 18.6 Å². The smallest absolute Gasteiger partial charge is 0.416 e. The van der Waals surface area contributed by atoms with E-state index in [1.807, 2.05) is 20.1 Å². The number of thioether (sulfide) groups is 1. The van der Waals surface area contributed by atoms with Crippen molar-refractivity contribution < 1.29 is 31.8 Å². The summed E-state index contributed by atoms with van der Waals surface area (Å²) in [5.41, 5.74) is 1.33. The van der Waals surface area contributed by atoms with Gasteiger partial charge in [-0.3, -0.25) is 4.90 Å². The molecule has 1 aliphatic heterocycles. The van der Waals surface area contributed by atoms with Gasteiger partial charge in [0.15, 0.2) is 11.3 Å². The average molecular weight is 590 g/mol. The fourth-order valence-electron chi connectivity index (χ4n) is 5.78. The first-order valence-corrected chi connectivity index (χ1v) is 14.5. The topological polar surface area (TPSA) is 64.6 Å². The van der Waals surface area contributed by atoms with Crippen LogP contribution >= 0.6 is 11.8 Å². The Balaban J connectivity index is 1.59. The molecule has 3 aromatic rings. The molecule has 1 saturated heterocycles. The summed E-state index contributed by atoms with van der Waals surface area (Å²) in [6.07, 6.45) is -0.579. The summed E-state index contributed by atoms with van der Waals surface area (Å²) in [5.74, 6) is -0.189. The second-order valence-corrected chi connectivity index (χ2v) is 11.7. The number of carbonyl (C=O) groups is 1. The number of hydrogen-bond acceptors (Lipinski definition) is 6. The first kappa shape index (κ1) is 29.2. The van der Waals surface area contributed by atoms with Crippen LogP contribution in [0, 0.1) is 12.7 Å². The molecule has 1 amide bonds. The SMILES string of the molecule is COc1cc(F)c(C(C)C)cc1-c1cnc(SC)nc1CN1C(=O)OC(c2cc(C)cc(C(F)(F)F)c2)C12CCC2. The van der Waals surface area contributed by atoms with E-state index in [-0.39, 0.29) is 18.3 Å². The van der Waals surface area contributed by atoms with Crippen molar-refractivity contribution in [2.24, 2.45) is 0 Å². The number of carbonyl (C=O) groups excluding carboxylic acids is 1. The average Bonchev–Trinajstić information content (AvgIpc) is 3.20. The highest BCUT2D eigenvalue weighted by atomic mass is 32.2. The third-order valence-electron chi connectivity index (χ3n) is 7.98. The normalized spacial score (nSPS) is 18.1. The first-order valence-electron chi connectivity index (χ1n) is 13.3. The van der Waals surface area contributed by atoms with E-state index >= 15 is 0 Å². The molecule has 2 aromatic carbocycles. The molecule has 6 nitrogen and oxygen atoms in total. The van der Waals surface area contributed by atoms with Gasteiger partial charge in [0.1, 0.15) is 11.6 Å². The molecule has 2 aliphatic rings. The van der Waals surface area contributed by atoms with Crippen LogP contribution in [0.25, 0.3) is 11.1 Å². The molecule has 1 aromatic heterocycles. The van der Waals surface area contributed by atoms with E-state index < -0.39 is 29.5 Å². The van der Waals surface area contributed by atoms with Gasteiger partial charge in [-0.05, 0) is 67.7 Å². The number of amides is 1. The maximum atomic E-state index is 14.8. The zero-order chi connectivity index (χ0) is 29.7. The largest absolute Gasteiger partial charge is 0.496 e. The Hall–Kier alpha value is -3.34. The summed E-state index contributed by atoms with van der Waals surface area (Å²) < 4.78 is 67.1. The molecule has 5 rings (SSSR count). The van der Waals surface area contributed by atoms with E-state index in [1.54, 1.807) is 30.2 Å². The van der Waals surface area contributed by atoms with Crippen LogP contribution in [0.1, 0.15) is 73.1 Å². The second-order valence-electron chi connectivity index (χ2n) is 10.9. The molecule has 1 unspecified atom stereocenters. The Morgan fingerprint density at radius 2 is 1.90 bits per heavy atom. The molecule has 0 bridgehead atoms. The van der Waals surface area contributed by atoms with E-state index in [4.69, 9.17) is 14.5 Å². The summed E-state index contributed by atoms with van der Waals surface area (Å²) >= 11 is 1.33. The van der Waals surface area contributed by atoms with Gasteiger partial charge in [0.2, 0.25) is 0 Å². The predicted octanol–water partition coefficient (Wildman–Crippen LogP) is 8.08. The zero-order valence-corrected chi connectivity index (χ0v) is 24.3. The predicted molar refractivity (Wildman–Crippen MR) is 147 cm³/mol. The van der Waals surface area contributed by atoms with E-state index in [9.17, 15) is 22.4 Å². The molecule has 0 radical (unpaired) electrons. The minimum absolute atomic E-state index is 0.0379. The van der Waals surface area contributed by atoms with Crippen LogP contribution in [0.15, 0.2) is 41.7 Å². The Labute approximate surface area is 240 Å². The zero-order valence-electron chi connectivity index (χ0n) is 23.4. The minimum Gasteiger partial charge on any atom is -0.496 e. The van der Waals surface area contributed by atoms with Gasteiger partial charge in [-0.2, -0.15) is 13.2 Å². The number of methoxy groups -OCH3 is 1. The van der Waals surface area contributed by atoms with Crippen molar-refractivity contribution in [3.05, 3.63) is 70.3 Å². The van der Waals surface area contributed by atoms with Crippen LogP contribution in [-0.4, -0.2) is 39.9 Å². The van der Waals surface area contributed by atoms with Gasteiger partial charge < -0.3 is 9.47 Å². The van der Waals surface area contributed by atoms with Crippen molar-refractivity contribution in [2.45, 2.75) is 75.5 Å². The van der Waals surface area contributed by atoms with Crippen molar-refractivity contribution >= 4 is 17.9 Å². The van der Waals surface area contributed by atoms with Gasteiger partial charge in [-0.25, -0.2) is 19.2 Å². The molecule has 41 heavy (non-hydrogen) atoms. The van der Waals surface area contributed by atoms with E-state index in [2.05, 4.69) is 4.98 Å². The molecular formula is C30H31F4N3O3S. The van der Waals surface area contributed by atoms with Crippen LogP contribution in [0.3, 0.4) is 0 Å². The number of rotatable bonds is 7. The number of hydrogen-bond donors (Lipinski definition) is 0. The molecule has 0 N–H and O–H groups in total. The number of aromatic nitrogens is 2. The molecule has 1 spiro atoms. The lowest BCUT2D eigenvalue weighted by molar-refractivity contribution is -0.137. The third-order valence-corrected chi connectivity index (χ3v) is 8.54. The molecular weight excluding hydrogens is 558 g/mol.